The number of benzene rings is 2. The Balaban J connectivity index is 1.76. The van der Waals surface area contributed by atoms with Gasteiger partial charge in [0.1, 0.15) is 18.0 Å². The normalized spacial score (nSPS) is 12.9. The molecule has 0 aliphatic carbocycles. The minimum absolute atomic E-state index is 0.0128. The number of rotatable bonds is 5. The van der Waals surface area contributed by atoms with E-state index in [9.17, 15) is 23.9 Å². The molecule has 0 unspecified atom stereocenters. The smallest absolute Gasteiger partial charge is 0.268 e. The molecule has 0 spiro atoms. The summed E-state index contributed by atoms with van der Waals surface area (Å²) < 4.78 is 14.7. The fraction of sp³-hybridized carbons (Fsp3) is 0.208. The molecule has 2 N–H and O–H groups in total. The minimum Gasteiger partial charge on any atom is -0.387 e. The molecule has 0 saturated heterocycles. The molecule has 1 aliphatic heterocycles. The summed E-state index contributed by atoms with van der Waals surface area (Å²) in [6, 6.07) is 14.7. The minimum atomic E-state index is -0.614. The van der Waals surface area contributed by atoms with Crippen LogP contribution in [0, 0.1) is 5.82 Å². The molecule has 3 aromatic rings. The van der Waals surface area contributed by atoms with E-state index in [0.29, 0.717) is 29.8 Å². The first kappa shape index (κ1) is 21.5. The number of nitrogens with one attached hydrogen (secondary N) is 1. The molecule has 4 rings (SSSR count). The van der Waals surface area contributed by atoms with Crippen molar-refractivity contribution in [3.05, 3.63) is 99.2 Å². The van der Waals surface area contributed by atoms with Crippen LogP contribution < -0.4 is 10.9 Å². The van der Waals surface area contributed by atoms with E-state index in [4.69, 9.17) is 0 Å². The first-order chi connectivity index (χ1) is 15.5. The van der Waals surface area contributed by atoms with Crippen molar-refractivity contribution < 1.29 is 19.1 Å². The summed E-state index contributed by atoms with van der Waals surface area (Å²) in [6.45, 7) is 0.104. The van der Waals surface area contributed by atoms with Gasteiger partial charge in [0.25, 0.3) is 11.5 Å². The van der Waals surface area contributed by atoms with Crippen LogP contribution >= 0.6 is 0 Å². The predicted octanol–water partition coefficient (Wildman–Crippen LogP) is 1.78. The summed E-state index contributed by atoms with van der Waals surface area (Å²) >= 11 is 0. The Bertz CT molecular complexity index is 1210. The van der Waals surface area contributed by atoms with Crippen molar-refractivity contribution in [3.63, 3.8) is 0 Å². The second-order valence-electron chi connectivity index (χ2n) is 7.55. The van der Waals surface area contributed by atoms with Crippen LogP contribution in [0.1, 0.15) is 27.0 Å². The number of carbonyl (C=O) groups is 2. The number of aliphatic hydroxyl groups is 1. The lowest BCUT2D eigenvalue weighted by Gasteiger charge is -2.30. The average Bonchev–Trinajstić information content (AvgIpc) is 2.82. The third-order valence-corrected chi connectivity index (χ3v) is 5.52. The van der Waals surface area contributed by atoms with E-state index >= 15 is 0 Å². The molecule has 2 heterocycles. The van der Waals surface area contributed by atoms with E-state index in [1.807, 2.05) is 30.3 Å². The largest absolute Gasteiger partial charge is 0.387 e. The van der Waals surface area contributed by atoms with E-state index in [1.165, 1.54) is 33.7 Å². The molecular formula is C24H22FN3O4. The van der Waals surface area contributed by atoms with Gasteiger partial charge in [0.05, 0.1) is 0 Å². The Hall–Kier alpha value is -3.78. The zero-order valence-electron chi connectivity index (χ0n) is 17.3. The molecule has 0 bridgehead atoms. The molecule has 164 valence electrons. The fourth-order valence-corrected chi connectivity index (χ4v) is 3.86. The fourth-order valence-electron chi connectivity index (χ4n) is 3.86. The van der Waals surface area contributed by atoms with E-state index < -0.39 is 29.8 Å². The zero-order chi connectivity index (χ0) is 22.7. The van der Waals surface area contributed by atoms with Crippen molar-refractivity contribution in [2.45, 2.75) is 19.5 Å². The van der Waals surface area contributed by atoms with Gasteiger partial charge in [-0.2, -0.15) is 0 Å². The lowest BCUT2D eigenvalue weighted by Crippen LogP contribution is -2.41. The van der Waals surface area contributed by atoms with Crippen LogP contribution in [0.2, 0.25) is 0 Å². The molecular weight excluding hydrogens is 413 g/mol. The van der Waals surface area contributed by atoms with Crippen LogP contribution in [0.5, 0.6) is 0 Å². The summed E-state index contributed by atoms with van der Waals surface area (Å²) in [5.74, 6) is -1.38. The van der Waals surface area contributed by atoms with Crippen LogP contribution in [0.3, 0.4) is 0 Å². The predicted molar refractivity (Wildman–Crippen MR) is 116 cm³/mol. The summed E-state index contributed by atoms with van der Waals surface area (Å²) in [5, 5.41) is 12.0. The molecule has 7 nitrogen and oxygen atoms in total. The van der Waals surface area contributed by atoms with Gasteiger partial charge in [-0.05, 0) is 47.4 Å². The topological polar surface area (TPSA) is 91.6 Å². The van der Waals surface area contributed by atoms with E-state index in [1.54, 1.807) is 6.20 Å². The number of halogens is 1. The van der Waals surface area contributed by atoms with Gasteiger partial charge in [-0.25, -0.2) is 4.39 Å². The number of amides is 2. The van der Waals surface area contributed by atoms with Gasteiger partial charge in [-0.1, -0.05) is 30.3 Å². The highest BCUT2D eigenvalue weighted by atomic mass is 19.1. The van der Waals surface area contributed by atoms with E-state index in [-0.39, 0.29) is 18.7 Å². The van der Waals surface area contributed by atoms with Gasteiger partial charge in [0.2, 0.25) is 5.91 Å². The maximum atomic E-state index is 13.4. The molecule has 8 heteroatoms. The Labute approximate surface area is 183 Å². The zero-order valence-corrected chi connectivity index (χ0v) is 17.3. The van der Waals surface area contributed by atoms with Crippen molar-refractivity contribution in [2.24, 2.45) is 0 Å². The number of fused-ring (bicyclic) bond motifs is 1. The second-order valence-corrected chi connectivity index (χ2v) is 7.55. The number of hydrogen-bond donors (Lipinski definition) is 2. The summed E-state index contributed by atoms with van der Waals surface area (Å²) in [4.78, 5) is 39.9. The molecule has 2 amide bonds. The first-order valence-electron chi connectivity index (χ1n) is 10.2. The molecule has 0 saturated carbocycles. The van der Waals surface area contributed by atoms with E-state index in [2.05, 4.69) is 5.32 Å². The summed E-state index contributed by atoms with van der Waals surface area (Å²) in [7, 11) is 0. The van der Waals surface area contributed by atoms with Crippen LogP contribution in [0.4, 0.5) is 4.39 Å². The van der Waals surface area contributed by atoms with Gasteiger partial charge in [0, 0.05) is 31.5 Å². The van der Waals surface area contributed by atoms with Gasteiger partial charge in [0.15, 0.2) is 0 Å². The maximum absolute atomic E-state index is 13.4. The number of hydrogen-bond acceptors (Lipinski definition) is 4. The van der Waals surface area contributed by atoms with E-state index in [0.717, 1.165) is 5.56 Å². The molecule has 1 aliphatic rings. The highest BCUT2D eigenvalue weighted by Crippen LogP contribution is 2.22. The third kappa shape index (κ3) is 4.31. The maximum Gasteiger partial charge on any atom is 0.268 e. The number of aliphatic hydroxyl groups excluding tert-OH is 1. The standard InChI is InChI=1S/C24H22FN3O4/c25-18-6-8-19(9-7-18)28-14-17-13-27(21(30)15-29)11-10-20(17)22(24(28)32)23(31)26-12-16-4-2-1-3-5-16/h1-9,14,29H,10-13,15H2,(H,26,31). The van der Waals surface area contributed by atoms with Crippen molar-refractivity contribution in [2.75, 3.05) is 13.2 Å². The highest BCUT2D eigenvalue weighted by molar-refractivity contribution is 5.96. The average molecular weight is 435 g/mol. The number of carbonyl (C=O) groups excluding carboxylic acids is 2. The van der Waals surface area contributed by atoms with Gasteiger partial charge < -0.3 is 15.3 Å². The Morgan fingerprint density at radius 3 is 2.47 bits per heavy atom. The molecule has 0 fully saturated rings. The SMILES string of the molecule is O=C(NCc1ccccc1)c1c2c(cn(-c3ccc(F)cc3)c1=O)CN(C(=O)CO)CC2. The van der Waals surface area contributed by atoms with Crippen molar-refractivity contribution in [3.8, 4) is 5.69 Å². The molecule has 0 radical (unpaired) electrons. The molecule has 1 aromatic heterocycles. The molecule has 2 aromatic carbocycles. The van der Waals surface area contributed by atoms with Gasteiger partial charge >= 0.3 is 0 Å². The second kappa shape index (κ2) is 9.15. The van der Waals surface area contributed by atoms with Crippen molar-refractivity contribution >= 4 is 11.8 Å². The van der Waals surface area contributed by atoms with Crippen LogP contribution in [-0.4, -0.2) is 39.5 Å². The first-order valence-corrected chi connectivity index (χ1v) is 10.2. The number of aromatic nitrogens is 1. The number of pyridine rings is 1. The quantitative estimate of drug-likeness (QED) is 0.639. The summed E-state index contributed by atoms with van der Waals surface area (Å²) in [6.07, 6.45) is 1.89. The Morgan fingerprint density at radius 2 is 1.78 bits per heavy atom. The van der Waals surface area contributed by atoms with Crippen LogP contribution in [-0.2, 0) is 24.3 Å². The highest BCUT2D eigenvalue weighted by Gasteiger charge is 2.28. The van der Waals surface area contributed by atoms with Crippen LogP contribution in [0.15, 0.2) is 65.6 Å². The van der Waals surface area contributed by atoms with Gasteiger partial charge in [-0.15, -0.1) is 0 Å². The molecule has 0 atom stereocenters. The third-order valence-electron chi connectivity index (χ3n) is 5.52. The van der Waals surface area contributed by atoms with Crippen LogP contribution in [0.25, 0.3) is 5.69 Å². The van der Waals surface area contributed by atoms with Crippen molar-refractivity contribution in [1.82, 2.24) is 14.8 Å². The molecule has 32 heavy (non-hydrogen) atoms. The van der Waals surface area contributed by atoms with Crippen molar-refractivity contribution in [1.29, 1.82) is 0 Å². The Kier molecular flexibility index (Phi) is 6.13. The number of nitrogens with zero attached hydrogens (tertiary/aromatic N) is 2. The monoisotopic (exact) mass is 435 g/mol. The lowest BCUT2D eigenvalue weighted by atomic mass is 9.95. The Morgan fingerprint density at radius 1 is 1.06 bits per heavy atom. The summed E-state index contributed by atoms with van der Waals surface area (Å²) in [5.41, 5.74) is 2.01. The lowest BCUT2D eigenvalue weighted by molar-refractivity contribution is -0.135. The van der Waals surface area contributed by atoms with Gasteiger partial charge in [-0.3, -0.25) is 19.0 Å².